The third-order valence-electron chi connectivity index (χ3n) is 3.00. The van der Waals surface area contributed by atoms with Crippen LogP contribution in [-0.4, -0.2) is 41.1 Å². The molecule has 0 atom stereocenters. The number of amides is 1. The van der Waals surface area contributed by atoms with Crippen molar-refractivity contribution in [2.75, 3.05) is 7.05 Å². The lowest BCUT2D eigenvalue weighted by molar-refractivity contribution is -0.147. The normalized spacial score (nSPS) is 11.3. The van der Waals surface area contributed by atoms with Crippen molar-refractivity contribution >= 4 is 11.9 Å². The topological polar surface area (TPSA) is 66.8 Å². The van der Waals surface area contributed by atoms with Crippen LogP contribution in [0.15, 0.2) is 24.3 Å². The van der Waals surface area contributed by atoms with E-state index in [1.807, 2.05) is 0 Å². The van der Waals surface area contributed by atoms with E-state index in [0.717, 1.165) is 4.90 Å². The molecule has 1 N–H and O–H groups in total. The minimum Gasteiger partial charge on any atom is -0.480 e. The molecule has 0 heterocycles. The maximum absolute atomic E-state index is 12.3. The van der Waals surface area contributed by atoms with E-state index in [1.165, 1.54) is 45.2 Å². The molecule has 0 aliphatic carbocycles. The number of para-hydroxylation sites is 1. The van der Waals surface area contributed by atoms with Crippen LogP contribution < -0.4 is 4.74 Å². The fraction of sp³-hybridized carbons (Fsp3) is 0.385. The van der Waals surface area contributed by atoms with Crippen LogP contribution in [0, 0.1) is 0 Å². The number of rotatable bonds is 5. The van der Waals surface area contributed by atoms with E-state index in [0.29, 0.717) is 0 Å². The largest absolute Gasteiger partial charge is 0.480 e. The van der Waals surface area contributed by atoms with Crippen LogP contribution in [0.1, 0.15) is 24.2 Å². The van der Waals surface area contributed by atoms with E-state index in [2.05, 4.69) is 4.74 Å². The molecule has 0 saturated heterocycles. The predicted octanol–water partition coefficient (Wildman–Crippen LogP) is 2.22. The molecular weight excluding hydrogens is 272 g/mol. The van der Waals surface area contributed by atoms with Gasteiger partial charge in [0.05, 0.1) is 5.56 Å². The fourth-order valence-electron chi connectivity index (χ4n) is 1.42. The van der Waals surface area contributed by atoms with Gasteiger partial charge in [-0.1, -0.05) is 12.1 Å². The van der Waals surface area contributed by atoms with Crippen molar-refractivity contribution in [3.63, 3.8) is 0 Å². The monoisotopic (exact) mass is 287 g/mol. The molecule has 20 heavy (non-hydrogen) atoms. The molecule has 110 valence electrons. The Kier molecular flexibility index (Phi) is 4.65. The van der Waals surface area contributed by atoms with Crippen LogP contribution in [0.5, 0.6) is 5.75 Å². The van der Waals surface area contributed by atoms with E-state index in [9.17, 15) is 18.4 Å². The number of carbonyl (C=O) groups excluding carboxylic acids is 1. The molecule has 7 heteroatoms. The third kappa shape index (κ3) is 3.23. The van der Waals surface area contributed by atoms with Crippen LogP contribution in [0.3, 0.4) is 0 Å². The van der Waals surface area contributed by atoms with Crippen molar-refractivity contribution in [2.45, 2.75) is 26.0 Å². The molecule has 0 bridgehead atoms. The summed E-state index contributed by atoms with van der Waals surface area (Å²) in [6.07, 6.45) is 0. The minimum absolute atomic E-state index is 0.121. The summed E-state index contributed by atoms with van der Waals surface area (Å²) in [5, 5.41) is 9.08. The molecule has 0 aliphatic heterocycles. The Balaban J connectivity index is 3.12. The molecule has 1 rings (SSSR count). The van der Waals surface area contributed by atoms with E-state index in [1.54, 1.807) is 0 Å². The van der Waals surface area contributed by atoms with Gasteiger partial charge in [0.2, 0.25) is 0 Å². The SMILES string of the molecule is CN(C(=O)c1ccccc1OC(F)F)C(C)(C)C(=O)O. The van der Waals surface area contributed by atoms with E-state index in [4.69, 9.17) is 5.11 Å². The average molecular weight is 287 g/mol. The maximum Gasteiger partial charge on any atom is 0.387 e. The zero-order valence-electron chi connectivity index (χ0n) is 11.3. The molecule has 0 aromatic heterocycles. The van der Waals surface area contributed by atoms with E-state index in [-0.39, 0.29) is 11.3 Å². The summed E-state index contributed by atoms with van der Waals surface area (Å²) in [7, 11) is 1.29. The summed E-state index contributed by atoms with van der Waals surface area (Å²) in [6, 6.07) is 5.44. The van der Waals surface area contributed by atoms with Crippen molar-refractivity contribution in [1.29, 1.82) is 0 Å². The minimum atomic E-state index is -3.07. The Bertz CT molecular complexity index is 517. The van der Waals surface area contributed by atoms with Gasteiger partial charge in [-0.3, -0.25) is 4.79 Å². The number of aliphatic carboxylic acids is 1. The smallest absolute Gasteiger partial charge is 0.387 e. The first-order chi connectivity index (χ1) is 9.17. The number of hydrogen-bond acceptors (Lipinski definition) is 3. The molecule has 0 saturated carbocycles. The maximum atomic E-state index is 12.3. The first-order valence-corrected chi connectivity index (χ1v) is 5.73. The van der Waals surface area contributed by atoms with Gasteiger partial charge in [0.1, 0.15) is 11.3 Å². The standard InChI is InChI=1S/C13H15F2NO4/c1-13(2,11(18)19)16(3)10(17)8-6-4-5-7-9(8)20-12(14)15/h4-7,12H,1-3H3,(H,18,19). The highest BCUT2D eigenvalue weighted by Gasteiger charge is 2.36. The van der Waals surface area contributed by atoms with Gasteiger partial charge in [-0.25, -0.2) is 4.79 Å². The molecule has 0 aliphatic rings. The first-order valence-electron chi connectivity index (χ1n) is 5.73. The third-order valence-corrected chi connectivity index (χ3v) is 3.00. The van der Waals surface area contributed by atoms with Crippen molar-refractivity contribution in [2.24, 2.45) is 0 Å². The van der Waals surface area contributed by atoms with Crippen molar-refractivity contribution in [3.05, 3.63) is 29.8 Å². The lowest BCUT2D eigenvalue weighted by Gasteiger charge is -2.31. The van der Waals surface area contributed by atoms with Gasteiger partial charge in [0.15, 0.2) is 0 Å². The average Bonchev–Trinajstić information content (AvgIpc) is 2.36. The quantitative estimate of drug-likeness (QED) is 0.901. The van der Waals surface area contributed by atoms with Crippen molar-refractivity contribution in [1.82, 2.24) is 4.90 Å². The highest BCUT2D eigenvalue weighted by molar-refractivity contribution is 5.99. The lowest BCUT2D eigenvalue weighted by Crippen LogP contribution is -2.50. The summed E-state index contributed by atoms with van der Waals surface area (Å²) in [5.74, 6) is -2.21. The second-order valence-electron chi connectivity index (χ2n) is 4.60. The molecule has 1 aromatic carbocycles. The molecule has 5 nitrogen and oxygen atoms in total. The zero-order chi connectivity index (χ0) is 15.5. The Morgan fingerprint density at radius 1 is 1.30 bits per heavy atom. The van der Waals surface area contributed by atoms with Gasteiger partial charge in [0, 0.05) is 7.05 Å². The van der Waals surface area contributed by atoms with E-state index < -0.39 is 24.0 Å². The first kappa shape index (κ1) is 15.9. The summed E-state index contributed by atoms with van der Waals surface area (Å²) < 4.78 is 28.8. The van der Waals surface area contributed by atoms with Crippen molar-refractivity contribution < 1.29 is 28.2 Å². The van der Waals surface area contributed by atoms with Crippen LogP contribution in [0.25, 0.3) is 0 Å². The lowest BCUT2D eigenvalue weighted by atomic mass is 10.0. The van der Waals surface area contributed by atoms with Gasteiger partial charge in [0.25, 0.3) is 5.91 Å². The summed E-state index contributed by atoms with van der Waals surface area (Å²) >= 11 is 0. The van der Waals surface area contributed by atoms with E-state index >= 15 is 0 Å². The second kappa shape index (κ2) is 5.85. The fourth-order valence-corrected chi connectivity index (χ4v) is 1.42. The Morgan fingerprint density at radius 2 is 1.85 bits per heavy atom. The number of halogens is 2. The molecular formula is C13H15F2NO4. The number of carbonyl (C=O) groups is 2. The number of likely N-dealkylation sites (N-methyl/N-ethyl adjacent to an activating group) is 1. The molecule has 0 spiro atoms. The molecule has 0 unspecified atom stereocenters. The number of hydrogen-bond donors (Lipinski definition) is 1. The number of alkyl halides is 2. The molecule has 0 fully saturated rings. The number of carboxylic acids is 1. The number of ether oxygens (including phenoxy) is 1. The van der Waals surface area contributed by atoms with Crippen LogP contribution in [0.4, 0.5) is 8.78 Å². The second-order valence-corrected chi connectivity index (χ2v) is 4.60. The van der Waals surface area contributed by atoms with Gasteiger partial charge in [-0.15, -0.1) is 0 Å². The van der Waals surface area contributed by atoms with Crippen LogP contribution >= 0.6 is 0 Å². The summed E-state index contributed by atoms with van der Waals surface area (Å²) in [5.41, 5.74) is -1.60. The number of benzene rings is 1. The van der Waals surface area contributed by atoms with Gasteiger partial charge >= 0.3 is 12.6 Å². The Hall–Kier alpha value is -2.18. The highest BCUT2D eigenvalue weighted by atomic mass is 19.3. The Labute approximate surface area is 114 Å². The molecule has 1 aromatic rings. The van der Waals surface area contributed by atoms with Gasteiger partial charge in [-0.05, 0) is 26.0 Å². The van der Waals surface area contributed by atoms with Gasteiger partial charge < -0.3 is 14.7 Å². The predicted molar refractivity (Wildman–Crippen MR) is 66.9 cm³/mol. The number of nitrogens with zero attached hydrogens (tertiary/aromatic N) is 1. The van der Waals surface area contributed by atoms with Crippen LogP contribution in [-0.2, 0) is 4.79 Å². The van der Waals surface area contributed by atoms with Gasteiger partial charge in [-0.2, -0.15) is 8.78 Å². The zero-order valence-corrected chi connectivity index (χ0v) is 11.3. The van der Waals surface area contributed by atoms with Crippen molar-refractivity contribution in [3.8, 4) is 5.75 Å². The summed E-state index contributed by atoms with van der Waals surface area (Å²) in [4.78, 5) is 24.3. The molecule has 1 amide bonds. The summed E-state index contributed by atoms with van der Waals surface area (Å²) in [6.45, 7) is -0.394. The molecule has 0 radical (unpaired) electrons. The Morgan fingerprint density at radius 3 is 2.35 bits per heavy atom. The number of carboxylic acid groups (broad SMARTS) is 1. The highest BCUT2D eigenvalue weighted by Crippen LogP contribution is 2.24. The van der Waals surface area contributed by atoms with Crippen LogP contribution in [0.2, 0.25) is 0 Å².